The van der Waals surface area contributed by atoms with E-state index in [-0.39, 0.29) is 13.2 Å². The van der Waals surface area contributed by atoms with Gasteiger partial charge >= 0.3 is 12.1 Å². The fourth-order valence-corrected chi connectivity index (χ4v) is 4.11. The van der Waals surface area contributed by atoms with Crippen LogP contribution in [0.25, 0.3) is 21.5 Å². The quantitative estimate of drug-likeness (QED) is 0.199. The van der Waals surface area contributed by atoms with Crippen molar-refractivity contribution in [1.29, 1.82) is 0 Å². The van der Waals surface area contributed by atoms with Crippen molar-refractivity contribution in [3.05, 3.63) is 109 Å². The highest BCUT2D eigenvalue weighted by Gasteiger charge is 2.11. The first-order chi connectivity index (χ1) is 20.4. The Morgan fingerprint density at radius 2 is 0.857 bits per heavy atom. The third kappa shape index (κ3) is 7.60. The second-order valence-corrected chi connectivity index (χ2v) is 9.18. The smallest absolute Gasteiger partial charge is 0.325 e. The van der Waals surface area contributed by atoms with Crippen LogP contribution in [0.3, 0.4) is 0 Å². The van der Waals surface area contributed by atoms with Gasteiger partial charge in [0.2, 0.25) is 0 Å². The van der Waals surface area contributed by atoms with Crippen LogP contribution in [0.1, 0.15) is 0 Å². The minimum atomic E-state index is -0.674. The number of hydrogen-bond acceptors (Lipinski definition) is 6. The van der Waals surface area contributed by atoms with Gasteiger partial charge in [0.25, 0.3) is 11.8 Å². The molecule has 0 aliphatic heterocycles. The van der Waals surface area contributed by atoms with Crippen LogP contribution in [-0.2, 0) is 9.59 Å². The maximum atomic E-state index is 12.2. The van der Waals surface area contributed by atoms with Crippen molar-refractivity contribution in [2.45, 2.75) is 0 Å². The molecule has 4 N–H and O–H groups in total. The van der Waals surface area contributed by atoms with Gasteiger partial charge in [-0.25, -0.2) is 9.59 Å². The minimum Gasteiger partial charge on any atom is -0.484 e. The zero-order valence-corrected chi connectivity index (χ0v) is 22.3. The molecule has 0 aromatic heterocycles. The summed E-state index contributed by atoms with van der Waals surface area (Å²) in [7, 11) is 0. The molecule has 5 aromatic rings. The van der Waals surface area contributed by atoms with Crippen LogP contribution >= 0.6 is 0 Å². The second-order valence-electron chi connectivity index (χ2n) is 9.18. The highest BCUT2D eigenvalue weighted by atomic mass is 16.5. The summed E-state index contributed by atoms with van der Waals surface area (Å²) in [5.41, 5.74) is 1.10. The molecule has 5 rings (SSSR count). The summed E-state index contributed by atoms with van der Waals surface area (Å²) in [6.07, 6.45) is 0. The Balaban J connectivity index is 1.01. The maximum absolute atomic E-state index is 12.2. The molecule has 5 aromatic carbocycles. The molecule has 0 fully saturated rings. The Morgan fingerprint density at radius 3 is 1.26 bits per heavy atom. The zero-order chi connectivity index (χ0) is 29.3. The van der Waals surface area contributed by atoms with Gasteiger partial charge in [0.15, 0.2) is 13.2 Å². The Labute approximate surface area is 240 Å². The van der Waals surface area contributed by atoms with E-state index in [4.69, 9.17) is 9.47 Å². The Hall–Kier alpha value is -5.90. The number of amides is 6. The van der Waals surface area contributed by atoms with Crippen molar-refractivity contribution in [3.8, 4) is 11.5 Å². The Morgan fingerprint density at radius 1 is 0.476 bits per heavy atom. The standard InChI is InChI=1S/C32H26N4O6/c37-29(35-31(39)33-25-11-9-21-5-1-3-7-23(21)17-25)19-41-27-13-15-28(16-14-27)42-20-30(38)36-32(40)34-26-12-10-22-6-2-4-8-24(22)18-26/h1-18H,19-20H2,(H2,33,35,37,39)(H2,34,36,38,40). The van der Waals surface area contributed by atoms with E-state index in [0.29, 0.717) is 22.9 Å². The fraction of sp³-hybridized carbons (Fsp3) is 0.0625. The van der Waals surface area contributed by atoms with Crippen LogP contribution in [-0.4, -0.2) is 37.1 Å². The first-order valence-electron chi connectivity index (χ1n) is 13.0. The molecule has 0 radical (unpaired) electrons. The number of hydrogen-bond donors (Lipinski definition) is 4. The van der Waals surface area contributed by atoms with Gasteiger partial charge in [-0.3, -0.25) is 20.2 Å². The largest absolute Gasteiger partial charge is 0.484 e. The number of ether oxygens (including phenoxy) is 2. The molecule has 42 heavy (non-hydrogen) atoms. The second kappa shape index (κ2) is 13.0. The molecule has 0 spiro atoms. The topological polar surface area (TPSA) is 135 Å². The summed E-state index contributed by atoms with van der Waals surface area (Å²) in [4.78, 5) is 48.6. The zero-order valence-electron chi connectivity index (χ0n) is 22.3. The number of imide groups is 2. The summed E-state index contributed by atoms with van der Waals surface area (Å²) < 4.78 is 10.8. The summed E-state index contributed by atoms with van der Waals surface area (Å²) in [6, 6.07) is 31.1. The van der Waals surface area contributed by atoms with E-state index in [9.17, 15) is 19.2 Å². The third-order valence-electron chi connectivity index (χ3n) is 6.08. The molecule has 0 aliphatic rings. The van der Waals surface area contributed by atoms with Crippen LogP contribution < -0.4 is 30.7 Å². The monoisotopic (exact) mass is 562 g/mol. The molecule has 0 bridgehead atoms. The van der Waals surface area contributed by atoms with E-state index in [1.807, 2.05) is 72.8 Å². The number of rotatable bonds is 8. The summed E-state index contributed by atoms with van der Waals surface area (Å²) in [5, 5.41) is 13.7. The van der Waals surface area contributed by atoms with E-state index in [0.717, 1.165) is 21.5 Å². The lowest BCUT2D eigenvalue weighted by Crippen LogP contribution is -2.37. The van der Waals surface area contributed by atoms with Crippen molar-refractivity contribution >= 4 is 56.8 Å². The van der Waals surface area contributed by atoms with Crippen molar-refractivity contribution in [2.24, 2.45) is 0 Å². The molecule has 0 saturated carbocycles. The average molecular weight is 563 g/mol. The number of carbonyl (C=O) groups excluding carboxylic acids is 4. The lowest BCUT2D eigenvalue weighted by atomic mass is 10.1. The summed E-state index contributed by atoms with van der Waals surface area (Å²) in [5.74, 6) is -0.558. The Kier molecular flexibility index (Phi) is 8.54. The van der Waals surface area contributed by atoms with E-state index >= 15 is 0 Å². The number of benzene rings is 5. The van der Waals surface area contributed by atoms with Crippen LogP contribution in [0.15, 0.2) is 109 Å². The average Bonchev–Trinajstić information content (AvgIpc) is 2.99. The van der Waals surface area contributed by atoms with E-state index in [2.05, 4.69) is 21.3 Å². The SMILES string of the molecule is O=C(COc1ccc(OCC(=O)NC(=O)Nc2ccc3ccccc3c2)cc1)NC(=O)Nc1ccc2ccccc2c1. The molecule has 0 aliphatic carbocycles. The number of fused-ring (bicyclic) bond motifs is 2. The van der Waals surface area contributed by atoms with Gasteiger partial charge in [-0.2, -0.15) is 0 Å². The normalized spacial score (nSPS) is 10.5. The van der Waals surface area contributed by atoms with Crippen molar-refractivity contribution < 1.29 is 28.7 Å². The van der Waals surface area contributed by atoms with Crippen molar-refractivity contribution in [3.63, 3.8) is 0 Å². The van der Waals surface area contributed by atoms with Crippen molar-refractivity contribution in [1.82, 2.24) is 10.6 Å². The highest BCUT2D eigenvalue weighted by molar-refractivity contribution is 6.03. The Bertz CT molecular complexity index is 1640. The van der Waals surface area contributed by atoms with E-state index in [1.165, 1.54) is 0 Å². The molecule has 0 atom stereocenters. The van der Waals surface area contributed by atoms with Crippen LogP contribution in [0.4, 0.5) is 21.0 Å². The van der Waals surface area contributed by atoms with Crippen molar-refractivity contribution in [2.75, 3.05) is 23.8 Å². The third-order valence-corrected chi connectivity index (χ3v) is 6.08. The number of carbonyl (C=O) groups is 4. The summed E-state index contributed by atoms with van der Waals surface area (Å²) >= 11 is 0. The molecule has 0 unspecified atom stereocenters. The number of urea groups is 2. The molecule has 10 heteroatoms. The van der Waals surface area contributed by atoms with Gasteiger partial charge in [-0.15, -0.1) is 0 Å². The lowest BCUT2D eigenvalue weighted by molar-refractivity contribution is -0.122. The lowest BCUT2D eigenvalue weighted by Gasteiger charge is -2.10. The van der Waals surface area contributed by atoms with Gasteiger partial charge in [-0.05, 0) is 70.1 Å². The summed E-state index contributed by atoms with van der Waals surface area (Å²) in [6.45, 7) is -0.778. The van der Waals surface area contributed by atoms with Gasteiger partial charge in [0, 0.05) is 11.4 Å². The fourth-order valence-electron chi connectivity index (χ4n) is 4.11. The first-order valence-corrected chi connectivity index (χ1v) is 13.0. The molecule has 0 heterocycles. The van der Waals surface area contributed by atoms with Gasteiger partial charge in [0.1, 0.15) is 11.5 Å². The van der Waals surface area contributed by atoms with Gasteiger partial charge in [0.05, 0.1) is 0 Å². The first kappa shape index (κ1) is 27.7. The molecular weight excluding hydrogens is 536 g/mol. The van der Waals surface area contributed by atoms with Crippen LogP contribution in [0.5, 0.6) is 11.5 Å². The van der Waals surface area contributed by atoms with Crippen LogP contribution in [0.2, 0.25) is 0 Å². The molecule has 6 amide bonds. The predicted molar refractivity (Wildman–Crippen MR) is 160 cm³/mol. The van der Waals surface area contributed by atoms with Gasteiger partial charge in [-0.1, -0.05) is 60.7 Å². The molecule has 210 valence electrons. The highest BCUT2D eigenvalue weighted by Crippen LogP contribution is 2.20. The molecular formula is C32H26N4O6. The minimum absolute atomic E-state index is 0.353. The van der Waals surface area contributed by atoms with Gasteiger partial charge < -0.3 is 20.1 Å². The number of nitrogens with one attached hydrogen (secondary N) is 4. The predicted octanol–water partition coefficient (Wildman–Crippen LogP) is 5.45. The van der Waals surface area contributed by atoms with E-state index < -0.39 is 23.9 Å². The number of anilines is 2. The molecule has 0 saturated heterocycles. The maximum Gasteiger partial charge on any atom is 0.325 e. The molecule has 10 nitrogen and oxygen atoms in total. The van der Waals surface area contributed by atoms with Crippen LogP contribution in [0, 0.1) is 0 Å². The van der Waals surface area contributed by atoms with E-state index in [1.54, 1.807) is 36.4 Å².